The summed E-state index contributed by atoms with van der Waals surface area (Å²) in [5.41, 5.74) is 9.28. The summed E-state index contributed by atoms with van der Waals surface area (Å²) < 4.78 is 10.8. The molecule has 0 bridgehead atoms. The van der Waals surface area contributed by atoms with E-state index in [0.29, 0.717) is 26.4 Å². The lowest BCUT2D eigenvalue weighted by Gasteiger charge is -2.10. The van der Waals surface area contributed by atoms with Crippen molar-refractivity contribution in [3.05, 3.63) is 46.3 Å². The van der Waals surface area contributed by atoms with Crippen LogP contribution in [0.3, 0.4) is 0 Å². The van der Waals surface area contributed by atoms with Crippen LogP contribution in [0.2, 0.25) is 0 Å². The highest BCUT2D eigenvalue weighted by atomic mass is 16.5. The van der Waals surface area contributed by atoms with Crippen molar-refractivity contribution in [1.82, 2.24) is 0 Å². The van der Waals surface area contributed by atoms with E-state index >= 15 is 0 Å². The summed E-state index contributed by atoms with van der Waals surface area (Å²) in [6.07, 6.45) is -0.0637. The monoisotopic (exact) mass is 235 g/mol. The van der Waals surface area contributed by atoms with Crippen LogP contribution in [-0.2, 0) is 16.1 Å². The molecule has 5 nitrogen and oxygen atoms in total. The first-order chi connectivity index (χ1) is 8.33. The number of azide groups is 1. The molecule has 0 aromatic heterocycles. The van der Waals surface area contributed by atoms with E-state index in [0.717, 1.165) is 5.56 Å². The fraction of sp³-hybridized carbons (Fsp3) is 0.500. The van der Waals surface area contributed by atoms with Gasteiger partial charge in [0.2, 0.25) is 0 Å². The SMILES string of the molecule is CC(CN=[N+]=[N-])OCCOCc1ccccc1. The first-order valence-corrected chi connectivity index (χ1v) is 5.57. The molecule has 0 N–H and O–H groups in total. The van der Waals surface area contributed by atoms with E-state index in [2.05, 4.69) is 10.0 Å². The van der Waals surface area contributed by atoms with Gasteiger partial charge in [0.1, 0.15) is 0 Å². The van der Waals surface area contributed by atoms with Gasteiger partial charge in [-0.25, -0.2) is 0 Å². The lowest BCUT2D eigenvalue weighted by molar-refractivity contribution is 0.0109. The number of benzene rings is 1. The fourth-order valence-electron chi connectivity index (χ4n) is 1.28. The standard InChI is InChI=1S/C12H17N3O2/c1-11(9-14-15-13)17-8-7-16-10-12-5-3-2-4-6-12/h2-6,11H,7-10H2,1H3. The van der Waals surface area contributed by atoms with E-state index in [1.54, 1.807) is 0 Å². The Morgan fingerprint density at radius 1 is 1.29 bits per heavy atom. The lowest BCUT2D eigenvalue weighted by Crippen LogP contribution is -2.15. The van der Waals surface area contributed by atoms with Crippen LogP contribution in [0.25, 0.3) is 10.4 Å². The summed E-state index contributed by atoms with van der Waals surface area (Å²) in [4.78, 5) is 2.67. The van der Waals surface area contributed by atoms with Crippen LogP contribution >= 0.6 is 0 Å². The highest BCUT2D eigenvalue weighted by Crippen LogP contribution is 2.00. The van der Waals surface area contributed by atoms with Crippen molar-refractivity contribution in [3.63, 3.8) is 0 Å². The maximum Gasteiger partial charge on any atom is 0.0718 e. The van der Waals surface area contributed by atoms with Gasteiger partial charge < -0.3 is 9.47 Å². The van der Waals surface area contributed by atoms with Gasteiger partial charge in [-0.2, -0.15) is 0 Å². The number of nitrogens with zero attached hydrogens (tertiary/aromatic N) is 3. The normalized spacial score (nSPS) is 11.8. The van der Waals surface area contributed by atoms with E-state index in [4.69, 9.17) is 15.0 Å². The predicted octanol–water partition coefficient (Wildman–Crippen LogP) is 2.92. The highest BCUT2D eigenvalue weighted by Gasteiger charge is 1.99. The third-order valence-corrected chi connectivity index (χ3v) is 2.14. The lowest BCUT2D eigenvalue weighted by atomic mass is 10.2. The first kappa shape index (κ1) is 13.5. The Morgan fingerprint density at radius 2 is 2.06 bits per heavy atom. The maximum atomic E-state index is 8.13. The zero-order valence-electron chi connectivity index (χ0n) is 9.95. The molecule has 17 heavy (non-hydrogen) atoms. The zero-order chi connectivity index (χ0) is 12.3. The summed E-state index contributed by atoms with van der Waals surface area (Å²) in [7, 11) is 0. The minimum atomic E-state index is -0.0637. The molecule has 0 heterocycles. The topological polar surface area (TPSA) is 67.2 Å². The van der Waals surface area contributed by atoms with Gasteiger partial charge in [0.05, 0.1) is 32.5 Å². The zero-order valence-corrected chi connectivity index (χ0v) is 9.95. The van der Waals surface area contributed by atoms with Gasteiger partial charge in [-0.15, -0.1) is 0 Å². The van der Waals surface area contributed by atoms with E-state index in [9.17, 15) is 0 Å². The van der Waals surface area contributed by atoms with Gasteiger partial charge in [0.15, 0.2) is 0 Å². The van der Waals surface area contributed by atoms with Crippen LogP contribution in [0.5, 0.6) is 0 Å². The smallest absolute Gasteiger partial charge is 0.0718 e. The molecule has 0 fully saturated rings. The minimum Gasteiger partial charge on any atom is -0.376 e. The van der Waals surface area contributed by atoms with E-state index < -0.39 is 0 Å². The number of hydrogen-bond donors (Lipinski definition) is 0. The van der Waals surface area contributed by atoms with E-state index in [1.165, 1.54) is 0 Å². The molecular weight excluding hydrogens is 218 g/mol. The van der Waals surface area contributed by atoms with E-state index in [-0.39, 0.29) is 6.10 Å². The molecule has 0 aliphatic carbocycles. The van der Waals surface area contributed by atoms with Gasteiger partial charge >= 0.3 is 0 Å². The molecule has 1 aromatic carbocycles. The molecule has 0 spiro atoms. The Balaban J connectivity index is 2.03. The molecule has 0 aliphatic heterocycles. The molecule has 1 atom stereocenters. The molecule has 0 saturated carbocycles. The van der Waals surface area contributed by atoms with Crippen LogP contribution in [0.4, 0.5) is 0 Å². The Morgan fingerprint density at radius 3 is 2.76 bits per heavy atom. The Kier molecular flexibility index (Phi) is 6.82. The van der Waals surface area contributed by atoms with Crippen LogP contribution in [0, 0.1) is 0 Å². The third-order valence-electron chi connectivity index (χ3n) is 2.14. The van der Waals surface area contributed by atoms with Gasteiger partial charge in [-0.3, -0.25) is 0 Å². The summed E-state index contributed by atoms with van der Waals surface area (Å²) in [6.45, 7) is 3.86. The largest absolute Gasteiger partial charge is 0.376 e. The number of hydrogen-bond acceptors (Lipinski definition) is 3. The average molecular weight is 235 g/mol. The fourth-order valence-corrected chi connectivity index (χ4v) is 1.28. The molecular formula is C12H17N3O2. The van der Waals surface area contributed by atoms with Crippen LogP contribution in [0.1, 0.15) is 12.5 Å². The van der Waals surface area contributed by atoms with Gasteiger partial charge in [0, 0.05) is 4.91 Å². The Hall–Kier alpha value is -1.55. The number of ether oxygens (including phenoxy) is 2. The van der Waals surface area contributed by atoms with Gasteiger partial charge in [0.25, 0.3) is 0 Å². The minimum absolute atomic E-state index is 0.0637. The molecule has 1 rings (SSSR count). The maximum absolute atomic E-state index is 8.13. The molecule has 0 radical (unpaired) electrons. The van der Waals surface area contributed by atoms with Gasteiger partial charge in [-0.05, 0) is 18.0 Å². The summed E-state index contributed by atoms with van der Waals surface area (Å²) >= 11 is 0. The molecule has 1 unspecified atom stereocenters. The molecule has 0 saturated heterocycles. The molecule has 1 aromatic rings. The quantitative estimate of drug-likeness (QED) is 0.301. The second-order valence-electron chi connectivity index (χ2n) is 3.63. The van der Waals surface area contributed by atoms with Gasteiger partial charge in [-0.1, -0.05) is 35.4 Å². The van der Waals surface area contributed by atoms with Crippen molar-refractivity contribution in [2.75, 3.05) is 19.8 Å². The Labute approximate surface area is 101 Å². The van der Waals surface area contributed by atoms with Crippen molar-refractivity contribution >= 4 is 0 Å². The first-order valence-electron chi connectivity index (χ1n) is 5.57. The summed E-state index contributed by atoms with van der Waals surface area (Å²) in [5, 5.41) is 3.43. The Bertz CT molecular complexity index is 350. The van der Waals surface area contributed by atoms with Crippen molar-refractivity contribution in [3.8, 4) is 0 Å². The average Bonchev–Trinajstić information content (AvgIpc) is 2.37. The van der Waals surface area contributed by atoms with Crippen molar-refractivity contribution in [2.24, 2.45) is 5.11 Å². The second-order valence-corrected chi connectivity index (χ2v) is 3.63. The highest BCUT2D eigenvalue weighted by molar-refractivity contribution is 5.13. The summed E-state index contributed by atoms with van der Waals surface area (Å²) in [6, 6.07) is 9.98. The summed E-state index contributed by atoms with van der Waals surface area (Å²) in [5.74, 6) is 0. The van der Waals surface area contributed by atoms with Crippen LogP contribution in [-0.4, -0.2) is 25.9 Å². The molecule has 92 valence electrons. The van der Waals surface area contributed by atoms with Crippen molar-refractivity contribution < 1.29 is 9.47 Å². The molecule has 0 aliphatic rings. The third kappa shape index (κ3) is 6.58. The van der Waals surface area contributed by atoms with E-state index in [1.807, 2.05) is 37.3 Å². The number of rotatable bonds is 8. The van der Waals surface area contributed by atoms with Crippen molar-refractivity contribution in [1.29, 1.82) is 0 Å². The van der Waals surface area contributed by atoms with Crippen LogP contribution in [0.15, 0.2) is 35.4 Å². The predicted molar refractivity (Wildman–Crippen MR) is 65.5 cm³/mol. The van der Waals surface area contributed by atoms with Crippen LogP contribution < -0.4 is 0 Å². The van der Waals surface area contributed by atoms with Crippen molar-refractivity contribution in [2.45, 2.75) is 19.6 Å². The second kappa shape index (κ2) is 8.58. The molecule has 0 amide bonds. The molecule has 5 heteroatoms.